The molecular formula is C30H37FN6O6S. The van der Waals surface area contributed by atoms with E-state index in [0.29, 0.717) is 51.2 Å². The van der Waals surface area contributed by atoms with Crippen LogP contribution in [0.25, 0.3) is 10.9 Å². The Labute approximate surface area is 257 Å². The summed E-state index contributed by atoms with van der Waals surface area (Å²) in [6.45, 7) is 12.2. The van der Waals surface area contributed by atoms with E-state index in [4.69, 9.17) is 9.47 Å². The van der Waals surface area contributed by atoms with Crippen LogP contribution in [-0.2, 0) is 22.2 Å². The predicted molar refractivity (Wildman–Crippen MR) is 164 cm³/mol. The van der Waals surface area contributed by atoms with Gasteiger partial charge in [-0.15, -0.1) is 0 Å². The minimum absolute atomic E-state index is 0.00565. The normalized spacial score (nSPS) is 14.8. The van der Waals surface area contributed by atoms with Crippen LogP contribution in [0.5, 0.6) is 11.5 Å². The summed E-state index contributed by atoms with van der Waals surface area (Å²) in [7, 11) is -3.11. The molecule has 0 radical (unpaired) electrons. The molecule has 1 aromatic heterocycles. The topological polar surface area (TPSA) is 138 Å². The molecule has 1 amide bonds. The zero-order valence-electron chi connectivity index (χ0n) is 25.4. The van der Waals surface area contributed by atoms with Gasteiger partial charge in [0.25, 0.3) is 5.56 Å². The molecular weight excluding hydrogens is 591 g/mol. The van der Waals surface area contributed by atoms with Crippen molar-refractivity contribution in [1.29, 1.82) is 5.26 Å². The van der Waals surface area contributed by atoms with Crippen molar-refractivity contribution in [2.75, 3.05) is 37.0 Å². The van der Waals surface area contributed by atoms with Crippen molar-refractivity contribution in [3.05, 3.63) is 58.4 Å². The Morgan fingerprint density at radius 2 is 1.86 bits per heavy atom. The van der Waals surface area contributed by atoms with E-state index in [1.165, 1.54) is 29.1 Å². The number of nitrogens with zero attached hydrogens (tertiary/aromatic N) is 6. The van der Waals surface area contributed by atoms with E-state index in [1.54, 1.807) is 24.8 Å². The van der Waals surface area contributed by atoms with Gasteiger partial charge in [-0.1, -0.05) is 6.92 Å². The second-order valence-corrected chi connectivity index (χ2v) is 12.5. The first kappa shape index (κ1) is 32.7. The summed E-state index contributed by atoms with van der Waals surface area (Å²) in [5, 5.41) is 10.1. The molecule has 0 N–H and O–H groups in total. The standard InChI is InChI=1S/C30H37FN6O6S/c1-6-20(2)37(44(40)41)26-10-8-24(31)27(23(26)18-32)42-21-7-9-25-22(17-21)28(38)36(19-33-25)16-13-34-11-14-35(15-12-34)29(39)43-30(3,4)5/h7-10,17,19-20,44H,6,11-16H2,1-5H3. The maximum absolute atomic E-state index is 15.0. The first-order valence-corrected chi connectivity index (χ1v) is 15.5. The average molecular weight is 629 g/mol. The zero-order chi connectivity index (χ0) is 32.2. The number of carbonyl (C=O) groups is 1. The quantitative estimate of drug-likeness (QED) is 0.350. The smallest absolute Gasteiger partial charge is 0.410 e. The Balaban J connectivity index is 1.52. The fourth-order valence-corrected chi connectivity index (χ4v) is 5.64. The highest BCUT2D eigenvalue weighted by Gasteiger charge is 2.26. The Kier molecular flexibility index (Phi) is 10.1. The highest BCUT2D eigenvalue weighted by molar-refractivity contribution is 7.74. The molecule has 1 unspecified atom stereocenters. The molecule has 1 aliphatic rings. The Morgan fingerprint density at radius 3 is 2.48 bits per heavy atom. The van der Waals surface area contributed by atoms with Crippen LogP contribution in [0.2, 0.25) is 0 Å². The van der Waals surface area contributed by atoms with Gasteiger partial charge in [-0.3, -0.25) is 18.6 Å². The molecule has 14 heteroatoms. The fourth-order valence-electron chi connectivity index (χ4n) is 4.81. The maximum atomic E-state index is 15.0. The van der Waals surface area contributed by atoms with Crippen LogP contribution < -0.4 is 14.6 Å². The zero-order valence-corrected chi connectivity index (χ0v) is 26.3. The lowest BCUT2D eigenvalue weighted by molar-refractivity contribution is 0.0142. The molecule has 2 heterocycles. The molecule has 1 fully saturated rings. The molecule has 0 bridgehead atoms. The van der Waals surface area contributed by atoms with Crippen LogP contribution in [0.4, 0.5) is 14.9 Å². The predicted octanol–water partition coefficient (Wildman–Crippen LogP) is 3.88. The van der Waals surface area contributed by atoms with Crippen molar-refractivity contribution >= 4 is 33.6 Å². The van der Waals surface area contributed by atoms with Crippen molar-refractivity contribution in [2.45, 2.75) is 59.2 Å². The molecule has 0 spiro atoms. The van der Waals surface area contributed by atoms with Gasteiger partial charge in [-0.25, -0.2) is 22.6 Å². The fraction of sp³-hybridized carbons (Fsp3) is 0.467. The number of aromatic nitrogens is 2. The Hall–Kier alpha value is -4.22. The van der Waals surface area contributed by atoms with E-state index in [9.17, 15) is 27.7 Å². The number of thiol groups is 1. The van der Waals surface area contributed by atoms with Crippen molar-refractivity contribution in [1.82, 2.24) is 19.4 Å². The van der Waals surface area contributed by atoms with E-state index in [0.717, 1.165) is 10.4 Å². The van der Waals surface area contributed by atoms with Crippen LogP contribution >= 0.6 is 0 Å². The van der Waals surface area contributed by atoms with Crippen molar-refractivity contribution in [2.24, 2.45) is 0 Å². The molecule has 0 saturated carbocycles. The van der Waals surface area contributed by atoms with E-state index >= 15 is 0 Å². The van der Waals surface area contributed by atoms with E-state index in [2.05, 4.69) is 9.88 Å². The van der Waals surface area contributed by atoms with Gasteiger partial charge in [0.2, 0.25) is 10.9 Å². The van der Waals surface area contributed by atoms with E-state index < -0.39 is 34.1 Å². The number of rotatable bonds is 9. The number of anilines is 1. The molecule has 2 aromatic carbocycles. The lowest BCUT2D eigenvalue weighted by atomic mass is 10.1. The van der Waals surface area contributed by atoms with Gasteiger partial charge in [0.15, 0.2) is 11.6 Å². The molecule has 1 aliphatic heterocycles. The number of fused-ring (bicyclic) bond motifs is 1. The lowest BCUT2D eigenvalue weighted by Crippen LogP contribution is -2.50. The van der Waals surface area contributed by atoms with E-state index in [-0.39, 0.29) is 34.0 Å². The lowest BCUT2D eigenvalue weighted by Gasteiger charge is -2.35. The maximum Gasteiger partial charge on any atom is 0.410 e. The summed E-state index contributed by atoms with van der Waals surface area (Å²) in [5.41, 5.74) is -0.751. The summed E-state index contributed by atoms with van der Waals surface area (Å²) in [4.78, 5) is 33.9. The van der Waals surface area contributed by atoms with Crippen LogP contribution in [-0.4, -0.2) is 78.2 Å². The van der Waals surface area contributed by atoms with Gasteiger partial charge in [-0.2, -0.15) is 5.26 Å². The van der Waals surface area contributed by atoms with Crippen LogP contribution in [0.3, 0.4) is 0 Å². The van der Waals surface area contributed by atoms with Crippen LogP contribution in [0, 0.1) is 17.1 Å². The van der Waals surface area contributed by atoms with Gasteiger partial charge in [-0.05, 0) is 64.4 Å². The molecule has 44 heavy (non-hydrogen) atoms. The number of amides is 1. The van der Waals surface area contributed by atoms with Gasteiger partial charge < -0.3 is 14.4 Å². The Bertz CT molecular complexity index is 1700. The van der Waals surface area contributed by atoms with Crippen molar-refractivity contribution < 1.29 is 27.1 Å². The third kappa shape index (κ3) is 7.46. The van der Waals surface area contributed by atoms with Gasteiger partial charge in [0.1, 0.15) is 23.0 Å². The van der Waals surface area contributed by atoms with Gasteiger partial charge in [0.05, 0.1) is 22.9 Å². The van der Waals surface area contributed by atoms with E-state index in [1.807, 2.05) is 26.8 Å². The highest BCUT2D eigenvalue weighted by atomic mass is 32.2. The number of benzene rings is 2. The molecule has 0 aliphatic carbocycles. The highest BCUT2D eigenvalue weighted by Crippen LogP contribution is 2.36. The van der Waals surface area contributed by atoms with Gasteiger partial charge >= 0.3 is 6.09 Å². The third-order valence-corrected chi connectivity index (χ3v) is 8.29. The molecule has 1 atom stereocenters. The molecule has 1 saturated heterocycles. The second kappa shape index (κ2) is 13.6. The molecule has 4 rings (SSSR count). The number of hydrogen-bond acceptors (Lipinski definition) is 9. The number of piperazine rings is 1. The average Bonchev–Trinajstić information content (AvgIpc) is 2.98. The van der Waals surface area contributed by atoms with Crippen molar-refractivity contribution in [3.63, 3.8) is 0 Å². The summed E-state index contributed by atoms with van der Waals surface area (Å²) in [5.74, 6) is -1.21. The number of ether oxygens (including phenoxy) is 2. The number of nitriles is 1. The van der Waals surface area contributed by atoms with Crippen LogP contribution in [0.15, 0.2) is 41.5 Å². The van der Waals surface area contributed by atoms with Crippen LogP contribution in [0.1, 0.15) is 46.6 Å². The summed E-state index contributed by atoms with van der Waals surface area (Å²) < 4.78 is 52.8. The monoisotopic (exact) mass is 628 g/mol. The minimum Gasteiger partial charge on any atom is -0.453 e. The summed E-state index contributed by atoms with van der Waals surface area (Å²) >= 11 is 0. The minimum atomic E-state index is -3.11. The first-order valence-electron chi connectivity index (χ1n) is 14.4. The first-order chi connectivity index (χ1) is 20.8. The SMILES string of the molecule is CCC(C)N(c1ccc(F)c(Oc2ccc3ncn(CCN4CCN(C(=O)OC(C)(C)C)CC4)c(=O)c3c2)c1C#N)[SH](=O)=O. The summed E-state index contributed by atoms with van der Waals surface area (Å²) in [6, 6.07) is 8.16. The number of carbonyl (C=O) groups excluding carboxylic acids is 1. The third-order valence-electron chi connectivity index (χ3n) is 7.33. The number of halogens is 1. The summed E-state index contributed by atoms with van der Waals surface area (Å²) in [6.07, 6.45) is 1.59. The van der Waals surface area contributed by atoms with Crippen molar-refractivity contribution in [3.8, 4) is 17.6 Å². The Morgan fingerprint density at radius 1 is 1.16 bits per heavy atom. The molecule has 3 aromatic rings. The van der Waals surface area contributed by atoms with Gasteiger partial charge in [0, 0.05) is 45.3 Å². The second-order valence-electron chi connectivity index (χ2n) is 11.6. The largest absolute Gasteiger partial charge is 0.453 e. The molecule has 236 valence electrons. The molecule has 12 nitrogen and oxygen atoms in total. The number of hydrogen-bond donors (Lipinski definition) is 1.